The molecule has 1 aliphatic rings. The first-order valence-corrected chi connectivity index (χ1v) is 12.0. The van der Waals surface area contributed by atoms with Crippen LogP contribution in [-0.4, -0.2) is 24.6 Å². The molecule has 0 spiro atoms. The lowest BCUT2D eigenvalue weighted by molar-refractivity contribution is -0.143. The standard InChI is InChI=1S/C30H30O5/c1-4-8-25(34-27(31)5-2)17-18-33-24-15-13-22(14-16-24)30(32)35-29-20(3)19-23-11-6-9-21-10-7-12-26(29)28(21)23/h5-7,9-16,19,25,29H,2,4,8,17-18H2,1,3H3. The Bertz CT molecular complexity index is 1250. The van der Waals surface area contributed by atoms with Gasteiger partial charge in [0.2, 0.25) is 0 Å². The van der Waals surface area contributed by atoms with E-state index in [1.165, 1.54) is 6.08 Å². The molecular weight excluding hydrogens is 440 g/mol. The highest BCUT2D eigenvalue weighted by molar-refractivity contribution is 5.97. The lowest BCUT2D eigenvalue weighted by Crippen LogP contribution is -2.19. The minimum Gasteiger partial charge on any atom is -0.493 e. The first-order chi connectivity index (χ1) is 17.0. The average Bonchev–Trinajstić information content (AvgIpc) is 2.87. The molecule has 3 aromatic carbocycles. The fourth-order valence-corrected chi connectivity index (χ4v) is 4.43. The van der Waals surface area contributed by atoms with Crippen molar-refractivity contribution in [2.75, 3.05) is 6.61 Å². The third-order valence-electron chi connectivity index (χ3n) is 6.13. The number of rotatable bonds is 10. The summed E-state index contributed by atoms with van der Waals surface area (Å²) < 4.78 is 17.1. The minimum atomic E-state index is -0.425. The highest BCUT2D eigenvalue weighted by Crippen LogP contribution is 2.39. The van der Waals surface area contributed by atoms with E-state index in [-0.39, 0.29) is 12.1 Å². The molecule has 2 unspecified atom stereocenters. The maximum absolute atomic E-state index is 13.0. The number of hydrogen-bond donors (Lipinski definition) is 0. The van der Waals surface area contributed by atoms with Crippen LogP contribution >= 0.6 is 0 Å². The van der Waals surface area contributed by atoms with Crippen molar-refractivity contribution in [2.24, 2.45) is 0 Å². The molecule has 0 heterocycles. The lowest BCUT2D eigenvalue weighted by atomic mass is 9.87. The predicted octanol–water partition coefficient (Wildman–Crippen LogP) is 6.82. The van der Waals surface area contributed by atoms with E-state index in [0.717, 1.165) is 40.3 Å². The summed E-state index contributed by atoms with van der Waals surface area (Å²) in [6.45, 7) is 7.86. The summed E-state index contributed by atoms with van der Waals surface area (Å²) in [5, 5.41) is 2.26. The normalized spacial score (nSPS) is 15.1. The van der Waals surface area contributed by atoms with Gasteiger partial charge in [0.25, 0.3) is 0 Å². The summed E-state index contributed by atoms with van der Waals surface area (Å²) >= 11 is 0. The van der Waals surface area contributed by atoms with E-state index in [1.807, 2.05) is 32.0 Å². The Hall–Kier alpha value is -3.86. The van der Waals surface area contributed by atoms with Crippen molar-refractivity contribution in [3.05, 3.63) is 95.6 Å². The van der Waals surface area contributed by atoms with Crippen molar-refractivity contribution in [1.82, 2.24) is 0 Å². The topological polar surface area (TPSA) is 61.8 Å². The van der Waals surface area contributed by atoms with Crippen LogP contribution in [0.5, 0.6) is 5.75 Å². The highest BCUT2D eigenvalue weighted by Gasteiger charge is 2.26. The molecule has 0 N–H and O–H groups in total. The van der Waals surface area contributed by atoms with E-state index < -0.39 is 12.1 Å². The summed E-state index contributed by atoms with van der Waals surface area (Å²) in [4.78, 5) is 24.4. The van der Waals surface area contributed by atoms with Crippen LogP contribution in [0.15, 0.2) is 78.9 Å². The van der Waals surface area contributed by atoms with Gasteiger partial charge in [-0.2, -0.15) is 0 Å². The number of hydrogen-bond acceptors (Lipinski definition) is 5. The molecule has 0 saturated carbocycles. The van der Waals surface area contributed by atoms with Crippen LogP contribution in [0.3, 0.4) is 0 Å². The number of esters is 2. The van der Waals surface area contributed by atoms with E-state index in [1.54, 1.807) is 24.3 Å². The lowest BCUT2D eigenvalue weighted by Gasteiger charge is -2.25. The first kappa shape index (κ1) is 24.3. The molecule has 0 aliphatic heterocycles. The smallest absolute Gasteiger partial charge is 0.339 e. The van der Waals surface area contributed by atoms with Crippen LogP contribution in [0, 0.1) is 0 Å². The zero-order chi connectivity index (χ0) is 24.8. The molecule has 0 fully saturated rings. The van der Waals surface area contributed by atoms with E-state index in [2.05, 4.69) is 30.9 Å². The van der Waals surface area contributed by atoms with Gasteiger partial charge in [0.1, 0.15) is 18.0 Å². The Balaban J connectivity index is 1.38. The molecule has 2 atom stereocenters. The molecule has 0 radical (unpaired) electrons. The van der Waals surface area contributed by atoms with Gasteiger partial charge in [-0.05, 0) is 59.5 Å². The van der Waals surface area contributed by atoms with Gasteiger partial charge in [-0.3, -0.25) is 0 Å². The van der Waals surface area contributed by atoms with Crippen molar-refractivity contribution in [3.8, 4) is 5.75 Å². The molecule has 5 nitrogen and oxygen atoms in total. The number of benzene rings is 3. The van der Waals surface area contributed by atoms with Crippen LogP contribution in [0.4, 0.5) is 0 Å². The maximum atomic E-state index is 13.0. The zero-order valence-corrected chi connectivity index (χ0v) is 20.2. The number of carbonyl (C=O) groups is 2. The molecule has 0 amide bonds. The SMILES string of the molecule is C=CC(=O)OC(CCC)CCOc1ccc(C(=O)OC2C(C)=Cc3cccc4cccc2c34)cc1. The van der Waals surface area contributed by atoms with Crippen molar-refractivity contribution in [3.63, 3.8) is 0 Å². The minimum absolute atomic E-state index is 0.207. The Morgan fingerprint density at radius 2 is 1.77 bits per heavy atom. The summed E-state index contributed by atoms with van der Waals surface area (Å²) in [5.41, 5.74) is 3.60. The Morgan fingerprint density at radius 1 is 1.03 bits per heavy atom. The second-order valence-corrected chi connectivity index (χ2v) is 8.68. The summed E-state index contributed by atoms with van der Waals surface area (Å²) in [6, 6.07) is 19.2. The number of ether oxygens (including phenoxy) is 3. The molecule has 5 heteroatoms. The molecule has 0 bridgehead atoms. The van der Waals surface area contributed by atoms with Gasteiger partial charge in [0.05, 0.1) is 12.2 Å². The third-order valence-corrected chi connectivity index (χ3v) is 6.13. The van der Waals surface area contributed by atoms with E-state index in [4.69, 9.17) is 14.2 Å². The molecule has 1 aliphatic carbocycles. The molecule has 180 valence electrons. The highest BCUT2D eigenvalue weighted by atomic mass is 16.5. The largest absolute Gasteiger partial charge is 0.493 e. The Labute approximate surface area is 206 Å². The number of carbonyl (C=O) groups excluding carboxylic acids is 2. The Morgan fingerprint density at radius 3 is 2.49 bits per heavy atom. The van der Waals surface area contributed by atoms with Crippen molar-refractivity contribution in [1.29, 1.82) is 0 Å². The van der Waals surface area contributed by atoms with Gasteiger partial charge < -0.3 is 14.2 Å². The average molecular weight is 471 g/mol. The van der Waals surface area contributed by atoms with E-state index in [9.17, 15) is 9.59 Å². The molecule has 4 rings (SSSR count). The predicted molar refractivity (Wildman–Crippen MR) is 137 cm³/mol. The molecule has 0 aromatic heterocycles. The van der Waals surface area contributed by atoms with Crippen LogP contribution in [0.25, 0.3) is 16.8 Å². The van der Waals surface area contributed by atoms with Crippen LogP contribution in [-0.2, 0) is 14.3 Å². The summed E-state index contributed by atoms with van der Waals surface area (Å²) in [6.07, 6.45) is 4.88. The second kappa shape index (κ2) is 11.0. The van der Waals surface area contributed by atoms with Gasteiger partial charge in [0, 0.05) is 18.1 Å². The summed E-state index contributed by atoms with van der Waals surface area (Å²) in [7, 11) is 0. The first-order valence-electron chi connectivity index (χ1n) is 12.0. The third kappa shape index (κ3) is 5.62. The monoisotopic (exact) mass is 470 g/mol. The van der Waals surface area contributed by atoms with Crippen LogP contribution in [0.1, 0.15) is 60.7 Å². The van der Waals surface area contributed by atoms with E-state index in [0.29, 0.717) is 24.3 Å². The van der Waals surface area contributed by atoms with Crippen molar-refractivity contribution >= 4 is 28.8 Å². The fourth-order valence-electron chi connectivity index (χ4n) is 4.43. The summed E-state index contributed by atoms with van der Waals surface area (Å²) in [5.74, 6) is -0.168. The van der Waals surface area contributed by atoms with Gasteiger partial charge in [-0.15, -0.1) is 0 Å². The van der Waals surface area contributed by atoms with Gasteiger partial charge in [0.15, 0.2) is 0 Å². The van der Waals surface area contributed by atoms with Crippen LogP contribution < -0.4 is 4.74 Å². The Kier molecular flexibility index (Phi) is 7.66. The quantitative estimate of drug-likeness (QED) is 0.240. The van der Waals surface area contributed by atoms with Gasteiger partial charge >= 0.3 is 11.9 Å². The molecule has 35 heavy (non-hydrogen) atoms. The van der Waals surface area contributed by atoms with Gasteiger partial charge in [-0.25, -0.2) is 9.59 Å². The second-order valence-electron chi connectivity index (χ2n) is 8.68. The van der Waals surface area contributed by atoms with Crippen LogP contribution in [0.2, 0.25) is 0 Å². The van der Waals surface area contributed by atoms with Crippen molar-refractivity contribution < 1.29 is 23.8 Å². The van der Waals surface area contributed by atoms with Crippen molar-refractivity contribution in [2.45, 2.75) is 45.3 Å². The molecule has 0 saturated heterocycles. The fraction of sp³-hybridized carbons (Fsp3) is 0.267. The van der Waals surface area contributed by atoms with Gasteiger partial charge in [-0.1, -0.05) is 62.4 Å². The maximum Gasteiger partial charge on any atom is 0.339 e. The zero-order valence-electron chi connectivity index (χ0n) is 20.2. The van der Waals surface area contributed by atoms with E-state index >= 15 is 0 Å². The molecule has 3 aromatic rings. The molecular formula is C30H30O5.